The number of aryl methyl sites for hydroxylation is 1. The molecule has 0 radical (unpaired) electrons. The van der Waals surface area contributed by atoms with Crippen molar-refractivity contribution in [1.29, 1.82) is 0 Å². The second kappa shape index (κ2) is 6.35. The van der Waals surface area contributed by atoms with Crippen molar-refractivity contribution in [3.63, 3.8) is 0 Å². The minimum atomic E-state index is 0.162. The van der Waals surface area contributed by atoms with Crippen LogP contribution >= 0.6 is 11.3 Å². The summed E-state index contributed by atoms with van der Waals surface area (Å²) < 4.78 is 0. The molecule has 2 N–H and O–H groups in total. The number of nitrogens with two attached hydrogens (primary N) is 1. The maximum absolute atomic E-state index is 6.27. The molecule has 3 unspecified atom stereocenters. The Labute approximate surface area is 121 Å². The summed E-state index contributed by atoms with van der Waals surface area (Å²) >= 11 is 1.88. The average Bonchev–Trinajstić information content (AvgIpc) is 2.75. The number of rotatable bonds is 4. The van der Waals surface area contributed by atoms with Gasteiger partial charge in [-0.25, -0.2) is 0 Å². The molecule has 19 heavy (non-hydrogen) atoms. The van der Waals surface area contributed by atoms with E-state index in [0.29, 0.717) is 12.1 Å². The number of likely N-dealkylation sites (tertiary alicyclic amines) is 1. The number of nitrogens with zero attached hydrogens (tertiary/aromatic N) is 2. The SMILES string of the molecule is Cc1ccc(C(C(C)N)N(C)C2CCCN(C)C2)s1. The Morgan fingerprint density at radius 3 is 2.74 bits per heavy atom. The van der Waals surface area contributed by atoms with Crippen molar-refractivity contribution in [2.75, 3.05) is 27.2 Å². The van der Waals surface area contributed by atoms with Crippen LogP contribution in [0.25, 0.3) is 0 Å². The van der Waals surface area contributed by atoms with Gasteiger partial charge in [-0.15, -0.1) is 11.3 Å². The van der Waals surface area contributed by atoms with Crippen LogP contribution in [0.1, 0.15) is 35.6 Å². The van der Waals surface area contributed by atoms with E-state index in [1.54, 1.807) is 0 Å². The fourth-order valence-electron chi connectivity index (χ4n) is 3.14. The van der Waals surface area contributed by atoms with E-state index in [2.05, 4.69) is 49.9 Å². The summed E-state index contributed by atoms with van der Waals surface area (Å²) in [5.74, 6) is 0. The maximum atomic E-state index is 6.27. The molecule has 0 spiro atoms. The molecule has 108 valence electrons. The molecule has 0 amide bonds. The van der Waals surface area contributed by atoms with Crippen LogP contribution in [0.4, 0.5) is 0 Å². The third-order valence-electron chi connectivity index (χ3n) is 4.17. The number of thiophene rings is 1. The summed E-state index contributed by atoms with van der Waals surface area (Å²) in [4.78, 5) is 7.71. The smallest absolute Gasteiger partial charge is 0.0591 e. The first-order valence-corrected chi connectivity index (χ1v) is 8.03. The van der Waals surface area contributed by atoms with Crippen molar-refractivity contribution in [3.05, 3.63) is 21.9 Å². The van der Waals surface area contributed by atoms with Crippen molar-refractivity contribution in [1.82, 2.24) is 9.80 Å². The molecule has 0 saturated carbocycles. The van der Waals surface area contributed by atoms with Gasteiger partial charge in [0.2, 0.25) is 0 Å². The minimum Gasteiger partial charge on any atom is -0.326 e. The highest BCUT2D eigenvalue weighted by Crippen LogP contribution is 2.31. The molecule has 0 aromatic carbocycles. The van der Waals surface area contributed by atoms with E-state index in [0.717, 1.165) is 6.54 Å². The minimum absolute atomic E-state index is 0.162. The zero-order valence-electron chi connectivity index (χ0n) is 12.6. The molecule has 3 nitrogen and oxygen atoms in total. The Balaban J connectivity index is 2.14. The topological polar surface area (TPSA) is 32.5 Å². The molecule has 0 bridgehead atoms. The highest BCUT2D eigenvalue weighted by atomic mass is 32.1. The van der Waals surface area contributed by atoms with Gasteiger partial charge in [-0.3, -0.25) is 4.90 Å². The lowest BCUT2D eigenvalue weighted by molar-refractivity contribution is 0.0907. The summed E-state index contributed by atoms with van der Waals surface area (Å²) in [5, 5.41) is 0. The summed E-state index contributed by atoms with van der Waals surface area (Å²) in [6, 6.07) is 5.58. The third-order valence-corrected chi connectivity index (χ3v) is 5.24. The molecule has 1 saturated heterocycles. The van der Waals surface area contributed by atoms with Gasteiger partial charge < -0.3 is 10.6 Å². The lowest BCUT2D eigenvalue weighted by Gasteiger charge is -2.41. The molecular weight excluding hydrogens is 254 g/mol. The Hall–Kier alpha value is -0.420. The van der Waals surface area contributed by atoms with Crippen LogP contribution in [0.3, 0.4) is 0 Å². The number of piperidine rings is 1. The highest BCUT2D eigenvalue weighted by Gasteiger charge is 2.30. The van der Waals surface area contributed by atoms with Gasteiger partial charge in [-0.2, -0.15) is 0 Å². The van der Waals surface area contributed by atoms with Crippen molar-refractivity contribution in [3.8, 4) is 0 Å². The lowest BCUT2D eigenvalue weighted by atomic mass is 10.00. The lowest BCUT2D eigenvalue weighted by Crippen LogP contribution is -2.49. The third kappa shape index (κ3) is 3.57. The van der Waals surface area contributed by atoms with Gasteiger partial charge in [0.25, 0.3) is 0 Å². The first kappa shape index (κ1) is 15.0. The molecule has 1 aromatic rings. The van der Waals surface area contributed by atoms with Gasteiger partial charge in [-0.1, -0.05) is 0 Å². The molecule has 1 fully saturated rings. The van der Waals surface area contributed by atoms with E-state index in [-0.39, 0.29) is 6.04 Å². The first-order chi connectivity index (χ1) is 8.99. The highest BCUT2D eigenvalue weighted by molar-refractivity contribution is 7.12. The Bertz CT molecular complexity index is 402. The normalized spacial score (nSPS) is 24.6. The predicted octanol–water partition coefficient (Wildman–Crippen LogP) is 2.47. The van der Waals surface area contributed by atoms with Crippen molar-refractivity contribution in [2.24, 2.45) is 5.73 Å². The molecule has 3 atom stereocenters. The largest absolute Gasteiger partial charge is 0.326 e. The van der Waals surface area contributed by atoms with Crippen molar-refractivity contribution < 1.29 is 0 Å². The molecule has 0 aliphatic carbocycles. The van der Waals surface area contributed by atoms with Gasteiger partial charge in [0.15, 0.2) is 0 Å². The van der Waals surface area contributed by atoms with E-state index >= 15 is 0 Å². The van der Waals surface area contributed by atoms with E-state index < -0.39 is 0 Å². The average molecular weight is 281 g/mol. The van der Waals surface area contributed by atoms with Gasteiger partial charge in [0, 0.05) is 28.4 Å². The van der Waals surface area contributed by atoms with E-state index in [1.165, 1.54) is 29.1 Å². The summed E-state index contributed by atoms with van der Waals surface area (Å²) in [7, 11) is 4.46. The molecule has 1 aliphatic heterocycles. The van der Waals surface area contributed by atoms with Crippen molar-refractivity contribution in [2.45, 2.75) is 44.8 Å². The molecule has 2 rings (SSSR count). The fraction of sp³-hybridized carbons (Fsp3) is 0.733. The quantitative estimate of drug-likeness (QED) is 0.920. The maximum Gasteiger partial charge on any atom is 0.0591 e. The number of likely N-dealkylation sites (N-methyl/N-ethyl adjacent to an activating group) is 2. The van der Waals surface area contributed by atoms with Gasteiger partial charge >= 0.3 is 0 Å². The standard InChI is InChI=1S/C15H27N3S/c1-11-7-8-14(19-11)15(12(2)16)18(4)13-6-5-9-17(3)10-13/h7-8,12-13,15H,5-6,9-10,16H2,1-4H3. The fourth-order valence-corrected chi connectivity index (χ4v) is 4.29. The molecule has 1 aromatic heterocycles. The Morgan fingerprint density at radius 2 is 2.21 bits per heavy atom. The van der Waals surface area contributed by atoms with E-state index in [4.69, 9.17) is 5.73 Å². The molecule has 1 aliphatic rings. The second-order valence-electron chi connectivity index (χ2n) is 5.98. The van der Waals surface area contributed by atoms with E-state index in [9.17, 15) is 0 Å². The zero-order chi connectivity index (χ0) is 14.0. The van der Waals surface area contributed by atoms with Crippen LogP contribution in [0.15, 0.2) is 12.1 Å². The molecular formula is C15H27N3S. The van der Waals surface area contributed by atoms with E-state index in [1.807, 2.05) is 11.3 Å². The van der Waals surface area contributed by atoms with Crippen LogP contribution in [-0.2, 0) is 0 Å². The zero-order valence-corrected chi connectivity index (χ0v) is 13.4. The summed E-state index contributed by atoms with van der Waals surface area (Å²) in [5.41, 5.74) is 6.27. The molecule has 2 heterocycles. The number of hydrogen-bond donors (Lipinski definition) is 1. The predicted molar refractivity (Wildman–Crippen MR) is 83.7 cm³/mol. The van der Waals surface area contributed by atoms with Crippen LogP contribution in [0.5, 0.6) is 0 Å². The van der Waals surface area contributed by atoms with Crippen LogP contribution < -0.4 is 5.73 Å². The van der Waals surface area contributed by atoms with Gasteiger partial charge in [0.1, 0.15) is 0 Å². The van der Waals surface area contributed by atoms with Crippen LogP contribution in [0.2, 0.25) is 0 Å². The number of hydrogen-bond acceptors (Lipinski definition) is 4. The summed E-state index contributed by atoms with van der Waals surface area (Å²) in [6.45, 7) is 6.68. The second-order valence-corrected chi connectivity index (χ2v) is 7.30. The Morgan fingerprint density at radius 1 is 1.47 bits per heavy atom. The Kier molecular flexibility index (Phi) is 5.01. The van der Waals surface area contributed by atoms with Crippen LogP contribution in [-0.4, -0.2) is 49.1 Å². The first-order valence-electron chi connectivity index (χ1n) is 7.21. The van der Waals surface area contributed by atoms with Gasteiger partial charge in [-0.05, 0) is 59.5 Å². The van der Waals surface area contributed by atoms with Crippen LogP contribution in [0, 0.1) is 6.92 Å². The van der Waals surface area contributed by atoms with Crippen molar-refractivity contribution >= 4 is 11.3 Å². The monoisotopic (exact) mass is 281 g/mol. The van der Waals surface area contributed by atoms with Gasteiger partial charge in [0.05, 0.1) is 6.04 Å². The molecule has 4 heteroatoms. The summed E-state index contributed by atoms with van der Waals surface area (Å²) in [6.07, 6.45) is 2.58.